The van der Waals surface area contributed by atoms with Gasteiger partial charge >= 0.3 is 6.36 Å². The van der Waals surface area contributed by atoms with Crippen LogP contribution in [0.15, 0.2) is 68.7 Å². The van der Waals surface area contributed by atoms with E-state index in [-0.39, 0.29) is 11.9 Å². The molecule has 1 aliphatic rings. The van der Waals surface area contributed by atoms with Crippen LogP contribution in [-0.4, -0.2) is 64.4 Å². The van der Waals surface area contributed by atoms with Gasteiger partial charge in [0.15, 0.2) is 5.58 Å². The molecule has 41 heavy (non-hydrogen) atoms. The van der Waals surface area contributed by atoms with Crippen molar-refractivity contribution in [3.8, 4) is 11.6 Å². The molecule has 4 rings (SSSR count). The first-order valence-corrected chi connectivity index (χ1v) is 13.1. The Morgan fingerprint density at radius 1 is 1.29 bits per heavy atom. The molecule has 0 amide bonds. The number of nitrogens with one attached hydrogen (secondary N) is 1. The minimum Gasteiger partial charge on any atom is -0.435 e. The predicted molar refractivity (Wildman–Crippen MR) is 149 cm³/mol. The molecule has 0 aliphatic heterocycles. The molecule has 2 aromatic heterocycles. The van der Waals surface area contributed by atoms with Crippen molar-refractivity contribution in [2.45, 2.75) is 37.6 Å². The highest BCUT2D eigenvalue weighted by atomic mass is 32.2. The standard InChI is InChI=1S/C17H19N3O3S.C7H9FN2.CHF3O.CH2O/c1-4-24(21)14-7-8-15(18-10-22-3)20-16(14)17-19-12-9-11(2)5-6-13(12)23-17;8-6-1-3-7(4-2-6)10-5-9;2-1(3,4)5;1-2/h5-9H,4,10H2,1-3H3,(H,18,20);1-3,5,7H,4H2,(H2,9,10);5H;1H2. The van der Waals surface area contributed by atoms with Gasteiger partial charge in [0.05, 0.1) is 28.1 Å². The number of oxazole rings is 1. The van der Waals surface area contributed by atoms with Crippen LogP contribution < -0.4 is 11.1 Å². The van der Waals surface area contributed by atoms with Crippen LogP contribution in [0.25, 0.3) is 22.7 Å². The first kappa shape index (κ1) is 35.1. The topological polar surface area (TPSA) is 153 Å². The molecule has 0 saturated heterocycles. The normalized spacial score (nSPS) is 15.0. The van der Waals surface area contributed by atoms with Gasteiger partial charge in [0.25, 0.3) is 0 Å². The fourth-order valence-electron chi connectivity index (χ4n) is 3.13. The highest BCUT2D eigenvalue weighted by Crippen LogP contribution is 2.29. The van der Waals surface area contributed by atoms with Crippen LogP contribution in [0.3, 0.4) is 0 Å². The van der Waals surface area contributed by atoms with Crippen molar-refractivity contribution in [1.29, 1.82) is 0 Å². The summed E-state index contributed by atoms with van der Waals surface area (Å²) in [5, 5.41) is 9.55. The number of hydrogen-bond acceptors (Lipinski definition) is 9. The molecule has 15 heteroatoms. The number of aromatic nitrogens is 2. The van der Waals surface area contributed by atoms with Crippen molar-refractivity contribution in [2.75, 3.05) is 24.9 Å². The Bertz CT molecular complexity index is 1360. The molecular formula is C26H31F4N5O5S. The largest absolute Gasteiger partial charge is 0.519 e. The quantitative estimate of drug-likeness (QED) is 0.150. The predicted octanol–water partition coefficient (Wildman–Crippen LogP) is 4.81. The molecule has 1 aromatic carbocycles. The summed E-state index contributed by atoms with van der Waals surface area (Å²) in [6.45, 7) is 6.20. The second kappa shape index (κ2) is 17.7. The molecule has 4 N–H and O–H groups in total. The van der Waals surface area contributed by atoms with Gasteiger partial charge in [0, 0.05) is 12.9 Å². The van der Waals surface area contributed by atoms with Gasteiger partial charge in [-0.2, -0.15) is 0 Å². The lowest BCUT2D eigenvalue weighted by atomic mass is 10.1. The molecule has 0 saturated carbocycles. The number of anilines is 1. The smallest absolute Gasteiger partial charge is 0.435 e. The molecular weight excluding hydrogens is 570 g/mol. The molecule has 3 aromatic rings. The van der Waals surface area contributed by atoms with E-state index in [4.69, 9.17) is 24.8 Å². The third-order valence-corrected chi connectivity index (χ3v) is 6.16. The van der Waals surface area contributed by atoms with Crippen LogP contribution >= 0.6 is 0 Å². The molecule has 0 spiro atoms. The van der Waals surface area contributed by atoms with Gasteiger partial charge in [-0.15, -0.1) is 13.2 Å². The molecule has 2 unspecified atom stereocenters. The average Bonchev–Trinajstić information content (AvgIpc) is 3.36. The summed E-state index contributed by atoms with van der Waals surface area (Å²) >= 11 is 0. The van der Waals surface area contributed by atoms with Crippen LogP contribution in [0, 0.1) is 6.92 Å². The first-order valence-electron chi connectivity index (χ1n) is 11.8. The van der Waals surface area contributed by atoms with E-state index in [0.717, 1.165) is 11.1 Å². The van der Waals surface area contributed by atoms with E-state index in [1.54, 1.807) is 25.3 Å². The number of nitrogens with two attached hydrogens (primary N) is 1. The second-order valence-corrected chi connectivity index (χ2v) is 9.50. The van der Waals surface area contributed by atoms with E-state index in [1.807, 2.05) is 38.8 Å². The first-order chi connectivity index (χ1) is 19.4. The van der Waals surface area contributed by atoms with Gasteiger partial charge in [-0.3, -0.25) is 9.20 Å². The monoisotopic (exact) mass is 601 g/mol. The lowest BCUT2D eigenvalue weighted by molar-refractivity contribution is -0.295. The van der Waals surface area contributed by atoms with E-state index in [2.05, 4.69) is 20.3 Å². The maximum Gasteiger partial charge on any atom is 0.519 e. The zero-order valence-corrected chi connectivity index (χ0v) is 23.3. The second-order valence-electron chi connectivity index (χ2n) is 7.79. The highest BCUT2D eigenvalue weighted by Gasteiger charge is 2.20. The number of rotatable bonds is 7. The van der Waals surface area contributed by atoms with Crippen LogP contribution in [0.4, 0.5) is 23.4 Å². The van der Waals surface area contributed by atoms with E-state index in [1.165, 1.54) is 18.5 Å². The summed E-state index contributed by atoms with van der Waals surface area (Å²) in [5.74, 6) is 1.29. The minimum absolute atomic E-state index is 0.0319. The zero-order chi connectivity index (χ0) is 31.0. The number of allylic oxidation sites excluding steroid dienone is 2. The van der Waals surface area contributed by atoms with Gasteiger partial charge in [0.2, 0.25) is 5.89 Å². The van der Waals surface area contributed by atoms with Crippen molar-refractivity contribution in [3.05, 3.63) is 60.0 Å². The number of alkyl halides is 3. The van der Waals surface area contributed by atoms with E-state index >= 15 is 0 Å². The fourth-order valence-corrected chi connectivity index (χ4v) is 4.01. The van der Waals surface area contributed by atoms with Crippen LogP contribution in [0.2, 0.25) is 0 Å². The Morgan fingerprint density at radius 3 is 2.54 bits per heavy atom. The maximum atomic E-state index is 12.4. The molecule has 2 heterocycles. The lowest BCUT2D eigenvalue weighted by Gasteiger charge is -2.09. The number of hydrogen-bond donors (Lipinski definition) is 3. The van der Waals surface area contributed by atoms with Crippen LogP contribution in [-0.2, 0) is 20.3 Å². The SMILES string of the molecule is C=O.CCS(=O)c1ccc(NCOC)nc1-c1nc2cc(C)ccc2o1.NC=NC1C=CC(F)=CC1.OC(F)(F)F. The summed E-state index contributed by atoms with van der Waals surface area (Å²) in [4.78, 5) is 21.5. The molecule has 1 aliphatic carbocycles. The van der Waals surface area contributed by atoms with Gasteiger partial charge in [-0.25, -0.2) is 14.4 Å². The van der Waals surface area contributed by atoms with Gasteiger partial charge < -0.3 is 30.1 Å². The number of aryl methyl sites for hydroxylation is 1. The molecule has 224 valence electrons. The van der Waals surface area contributed by atoms with Crippen molar-refractivity contribution >= 4 is 40.8 Å². The number of aliphatic imine (C=N–C) groups is 1. The summed E-state index contributed by atoms with van der Waals surface area (Å²) in [7, 11) is 0.431. The van der Waals surface area contributed by atoms with Crippen molar-refractivity contribution < 1.29 is 40.8 Å². The third-order valence-electron chi connectivity index (χ3n) is 4.82. The highest BCUT2D eigenvalue weighted by molar-refractivity contribution is 7.85. The Kier molecular flexibility index (Phi) is 15.1. The van der Waals surface area contributed by atoms with Crippen molar-refractivity contribution in [3.63, 3.8) is 0 Å². The van der Waals surface area contributed by atoms with Gasteiger partial charge in [-0.05, 0) is 55.3 Å². The Morgan fingerprint density at radius 2 is 1.98 bits per heavy atom. The summed E-state index contributed by atoms with van der Waals surface area (Å²) < 4.78 is 65.2. The van der Waals surface area contributed by atoms with Crippen molar-refractivity contribution in [1.82, 2.24) is 9.97 Å². The number of nitrogens with zero attached hydrogens (tertiary/aromatic N) is 3. The average molecular weight is 602 g/mol. The number of carbonyl (C=O) groups excluding carboxylic acids is 1. The van der Waals surface area contributed by atoms with E-state index in [9.17, 15) is 21.8 Å². The lowest BCUT2D eigenvalue weighted by Crippen LogP contribution is -2.07. The number of ether oxygens (including phenoxy) is 1. The molecule has 0 bridgehead atoms. The summed E-state index contributed by atoms with van der Waals surface area (Å²) in [6, 6.07) is 9.39. The fraction of sp³-hybridized carbons (Fsp3) is 0.308. The van der Waals surface area contributed by atoms with Gasteiger partial charge in [0.1, 0.15) is 36.4 Å². The molecule has 0 fully saturated rings. The summed E-state index contributed by atoms with van der Waals surface area (Å²) in [6.07, 6.45) is 1.44. The number of pyridine rings is 1. The zero-order valence-electron chi connectivity index (χ0n) is 22.5. The van der Waals surface area contributed by atoms with Crippen LogP contribution in [0.1, 0.15) is 18.9 Å². The Balaban J connectivity index is 0.000000408. The maximum absolute atomic E-state index is 12.4. The number of halogens is 4. The Hall–Kier alpha value is -3.95. The number of aliphatic hydroxyl groups is 1. The van der Waals surface area contributed by atoms with Gasteiger partial charge in [-0.1, -0.05) is 19.1 Å². The molecule has 10 nitrogen and oxygen atoms in total. The molecule has 2 atom stereocenters. The number of benzene rings is 1. The van der Waals surface area contributed by atoms with E-state index in [0.29, 0.717) is 46.8 Å². The molecule has 0 radical (unpaired) electrons. The van der Waals surface area contributed by atoms with E-state index < -0.39 is 17.2 Å². The number of fused-ring (bicyclic) bond motifs is 1. The third kappa shape index (κ3) is 12.8. The number of methoxy groups -OCH3 is 1. The van der Waals surface area contributed by atoms with Crippen molar-refractivity contribution in [2.24, 2.45) is 10.7 Å². The van der Waals surface area contributed by atoms with Crippen LogP contribution in [0.5, 0.6) is 0 Å². The Labute approximate surface area is 236 Å². The minimum atomic E-state index is -5.00. The number of carbonyl (C=O) groups is 1. The summed E-state index contributed by atoms with van der Waals surface area (Å²) in [5.41, 5.74) is 8.09.